The normalized spacial score (nSPS) is 8.67. The maximum atomic E-state index is 10.5. The molecule has 0 saturated heterocycles. The van der Waals surface area contributed by atoms with Crippen molar-refractivity contribution in [2.75, 3.05) is 0 Å². The quantitative estimate of drug-likeness (QED) is 0.333. The van der Waals surface area contributed by atoms with Gasteiger partial charge in [-0.15, -0.1) is 4.91 Å². The number of nitroso groups, excluding NO2 is 1. The first kappa shape index (κ1) is 11.1. The van der Waals surface area contributed by atoms with E-state index in [9.17, 15) is 19.6 Å². The second kappa shape index (κ2) is 4.19. The molecule has 1 rings (SSSR count). The van der Waals surface area contributed by atoms with Crippen molar-refractivity contribution in [3.63, 3.8) is 0 Å². The molecule has 1 aromatic rings. The van der Waals surface area contributed by atoms with Gasteiger partial charge in [-0.1, -0.05) is 0 Å². The molecule has 7 nitrogen and oxygen atoms in total. The van der Waals surface area contributed by atoms with Crippen LogP contribution in [0.3, 0.4) is 0 Å². The molecule has 0 radical (unpaired) electrons. The Hall–Kier alpha value is -0.920. The van der Waals surface area contributed by atoms with Gasteiger partial charge in [-0.2, -0.15) is 0 Å². The van der Waals surface area contributed by atoms with Crippen LogP contribution in [0.5, 0.6) is 5.88 Å². The van der Waals surface area contributed by atoms with Gasteiger partial charge in [0, 0.05) is 5.88 Å². The molecule has 0 aliphatic heterocycles. The van der Waals surface area contributed by atoms with Gasteiger partial charge < -0.3 is 10.1 Å². The summed E-state index contributed by atoms with van der Waals surface area (Å²) < 4.78 is 0. The monoisotopic (exact) mass is 179 g/mol. The first-order valence-electron chi connectivity index (χ1n) is 2.52. The van der Waals surface area contributed by atoms with E-state index < -0.39 is 22.8 Å². The number of hydrogen-bond donors (Lipinski definition) is 2. The van der Waals surface area contributed by atoms with Crippen LogP contribution in [0.2, 0.25) is 0 Å². The summed E-state index contributed by atoms with van der Waals surface area (Å²) in [4.78, 5) is 34.0. The van der Waals surface area contributed by atoms with Crippen molar-refractivity contribution in [3.05, 3.63) is 25.7 Å². The van der Waals surface area contributed by atoms with Gasteiger partial charge >= 0.3 is 35.2 Å². The first-order valence-corrected chi connectivity index (χ1v) is 2.52. The van der Waals surface area contributed by atoms with Crippen molar-refractivity contribution < 1.29 is 34.7 Å². The SMILES string of the molecule is O=Nc1c([O-])[nH]c(=O)[nH]c1=O.[Na+]. The predicted octanol–water partition coefficient (Wildman–Crippen LogP) is -4.46. The van der Waals surface area contributed by atoms with Crippen LogP contribution in [0, 0.1) is 4.91 Å². The maximum Gasteiger partial charge on any atom is 1.00 e. The van der Waals surface area contributed by atoms with E-state index in [1.54, 1.807) is 9.97 Å². The number of nitrogens with one attached hydrogen (secondary N) is 2. The van der Waals surface area contributed by atoms with Crippen molar-refractivity contribution in [1.82, 2.24) is 9.97 Å². The molecular formula is C4H2N3NaO4. The molecule has 0 amide bonds. The fourth-order valence-electron chi connectivity index (χ4n) is 0.542. The smallest absolute Gasteiger partial charge is 0.858 e. The molecule has 12 heavy (non-hydrogen) atoms. The minimum absolute atomic E-state index is 0. The molecule has 58 valence electrons. The number of nitrogens with zero attached hydrogens (tertiary/aromatic N) is 1. The number of aromatic amines is 2. The minimum atomic E-state index is -1.08. The summed E-state index contributed by atoms with van der Waals surface area (Å²) in [6.07, 6.45) is 0. The van der Waals surface area contributed by atoms with Crippen LogP contribution in [-0.4, -0.2) is 9.97 Å². The van der Waals surface area contributed by atoms with Crippen LogP contribution < -0.4 is 45.9 Å². The molecule has 0 atom stereocenters. The predicted molar refractivity (Wildman–Crippen MR) is 32.6 cm³/mol. The summed E-state index contributed by atoms with van der Waals surface area (Å²) in [6, 6.07) is 0. The van der Waals surface area contributed by atoms with Crippen molar-refractivity contribution in [2.45, 2.75) is 0 Å². The molecular weight excluding hydrogens is 177 g/mol. The van der Waals surface area contributed by atoms with Gasteiger partial charge in [0.2, 0.25) is 0 Å². The summed E-state index contributed by atoms with van der Waals surface area (Å²) in [5.74, 6) is -1.08. The van der Waals surface area contributed by atoms with Crippen LogP contribution in [0.1, 0.15) is 0 Å². The summed E-state index contributed by atoms with van der Waals surface area (Å²) in [5, 5.41) is 12.7. The first-order chi connectivity index (χ1) is 5.15. The average Bonchev–Trinajstić information content (AvgIpc) is 1.85. The van der Waals surface area contributed by atoms with E-state index in [1.807, 2.05) is 0 Å². The van der Waals surface area contributed by atoms with Gasteiger partial charge in [0.05, 0.1) is 0 Å². The van der Waals surface area contributed by atoms with Gasteiger partial charge in [0.25, 0.3) is 5.56 Å². The number of hydrogen-bond acceptors (Lipinski definition) is 5. The molecule has 0 aliphatic carbocycles. The Labute approximate surface area is 87.1 Å². The summed E-state index contributed by atoms with van der Waals surface area (Å²) in [5.41, 5.74) is -2.87. The molecule has 0 aromatic carbocycles. The van der Waals surface area contributed by atoms with E-state index in [1.165, 1.54) is 0 Å². The second-order valence-electron chi connectivity index (χ2n) is 1.68. The van der Waals surface area contributed by atoms with Crippen molar-refractivity contribution in [2.24, 2.45) is 5.18 Å². The number of aromatic nitrogens is 2. The molecule has 0 spiro atoms. The molecule has 0 bridgehead atoms. The van der Waals surface area contributed by atoms with Crippen molar-refractivity contribution in [3.8, 4) is 5.88 Å². The third-order valence-corrected chi connectivity index (χ3v) is 0.976. The van der Waals surface area contributed by atoms with Crippen molar-refractivity contribution >= 4 is 5.69 Å². The Bertz CT molecular complexity index is 394. The average molecular weight is 179 g/mol. The second-order valence-corrected chi connectivity index (χ2v) is 1.68. The molecule has 0 fully saturated rings. The zero-order valence-corrected chi connectivity index (χ0v) is 8.08. The Kier molecular flexibility index (Phi) is 3.87. The zero-order chi connectivity index (χ0) is 8.43. The number of rotatable bonds is 1. The van der Waals surface area contributed by atoms with Gasteiger partial charge in [0.15, 0.2) is 5.69 Å². The molecule has 2 N–H and O–H groups in total. The van der Waals surface area contributed by atoms with E-state index in [2.05, 4.69) is 5.18 Å². The number of H-pyrrole nitrogens is 2. The fraction of sp³-hybridized carbons (Fsp3) is 0. The van der Waals surface area contributed by atoms with Crippen LogP contribution in [0.15, 0.2) is 14.8 Å². The van der Waals surface area contributed by atoms with Gasteiger partial charge in [-0.05, 0) is 5.18 Å². The largest absolute Gasteiger partial charge is 1.00 e. The third-order valence-electron chi connectivity index (χ3n) is 0.976. The van der Waals surface area contributed by atoms with Crippen LogP contribution in [0.25, 0.3) is 0 Å². The summed E-state index contributed by atoms with van der Waals surface area (Å²) in [7, 11) is 0. The minimum Gasteiger partial charge on any atom is -0.858 e. The van der Waals surface area contributed by atoms with E-state index in [4.69, 9.17) is 0 Å². The summed E-state index contributed by atoms with van der Waals surface area (Å²) in [6.45, 7) is 0. The van der Waals surface area contributed by atoms with E-state index in [-0.39, 0.29) is 29.6 Å². The standard InChI is InChI=1S/C4H3N3O4.Na/c8-2-1(7-11)3(9)6-4(10)5-2;/h(H3,5,6,8,9,10);/q;+1/p-1. The maximum absolute atomic E-state index is 10.5. The van der Waals surface area contributed by atoms with Crippen LogP contribution >= 0.6 is 0 Å². The van der Waals surface area contributed by atoms with Crippen LogP contribution in [0.4, 0.5) is 5.69 Å². The Morgan fingerprint density at radius 2 is 1.83 bits per heavy atom. The topological polar surface area (TPSA) is 118 Å². The fourth-order valence-corrected chi connectivity index (χ4v) is 0.542. The van der Waals surface area contributed by atoms with Crippen LogP contribution in [-0.2, 0) is 0 Å². The Morgan fingerprint density at radius 3 is 2.25 bits per heavy atom. The third kappa shape index (κ3) is 2.03. The summed E-state index contributed by atoms with van der Waals surface area (Å²) >= 11 is 0. The van der Waals surface area contributed by atoms with Gasteiger partial charge in [-0.25, -0.2) is 4.79 Å². The Morgan fingerprint density at radius 1 is 1.25 bits per heavy atom. The molecule has 0 aliphatic rings. The van der Waals surface area contributed by atoms with Crippen molar-refractivity contribution in [1.29, 1.82) is 0 Å². The zero-order valence-electron chi connectivity index (χ0n) is 6.08. The van der Waals surface area contributed by atoms with E-state index in [0.29, 0.717) is 0 Å². The Balaban J connectivity index is 0.00000121. The molecule has 0 unspecified atom stereocenters. The molecule has 0 saturated carbocycles. The van der Waals surface area contributed by atoms with Gasteiger partial charge in [0.1, 0.15) is 0 Å². The van der Waals surface area contributed by atoms with E-state index in [0.717, 1.165) is 0 Å². The van der Waals surface area contributed by atoms with Gasteiger partial charge in [-0.3, -0.25) is 9.78 Å². The molecule has 1 aromatic heterocycles. The van der Waals surface area contributed by atoms with E-state index >= 15 is 0 Å². The molecule has 8 heteroatoms. The molecule has 1 heterocycles.